The van der Waals surface area contributed by atoms with Gasteiger partial charge in [0.15, 0.2) is 0 Å². The van der Waals surface area contributed by atoms with Crippen molar-refractivity contribution in [2.45, 2.75) is 188 Å². The van der Waals surface area contributed by atoms with Gasteiger partial charge in [-0.1, -0.05) is 61.8 Å². The molecule has 0 unspecified atom stereocenters. The van der Waals surface area contributed by atoms with Gasteiger partial charge in [0.25, 0.3) is 6.47 Å². The van der Waals surface area contributed by atoms with Crippen molar-refractivity contribution in [2.75, 3.05) is 40.6 Å². The minimum atomic E-state index is -3.67. The first kappa shape index (κ1) is 74.7. The van der Waals surface area contributed by atoms with Gasteiger partial charge in [-0.15, -0.1) is 0 Å². The van der Waals surface area contributed by atoms with Crippen LogP contribution in [0.5, 0.6) is 0 Å². The summed E-state index contributed by atoms with van der Waals surface area (Å²) in [7, 11) is -1.22. The van der Waals surface area contributed by atoms with Crippen molar-refractivity contribution < 1.29 is 176 Å². The first-order valence-corrected chi connectivity index (χ1v) is 22.3. The van der Waals surface area contributed by atoms with Crippen LogP contribution in [0, 0.1) is 5.92 Å². The molecule has 4 aliphatic rings. The Balaban J connectivity index is -0.000000123. The van der Waals surface area contributed by atoms with Crippen LogP contribution in [0.1, 0.15) is 189 Å². The van der Waals surface area contributed by atoms with Gasteiger partial charge in [0.05, 0.1) is 13.7 Å². The number of esters is 2. The van der Waals surface area contributed by atoms with Gasteiger partial charge in [-0.3, -0.25) is 32.1 Å². The Morgan fingerprint density at radius 2 is 1.22 bits per heavy atom. The normalized spacial score (nSPS) is 14.0. The number of carbonyl (C=O) groups excluding carboxylic acids is 5. The van der Waals surface area contributed by atoms with E-state index in [9.17, 15) is 32.1 Å². The van der Waals surface area contributed by atoms with Crippen molar-refractivity contribution in [2.24, 2.45) is 5.92 Å². The Hall–Kier alpha value is 0.198. The molecular weight excluding hydrogens is 878 g/mol. The van der Waals surface area contributed by atoms with E-state index < -0.39 is 7.54 Å². The number of hydrogen-bond acceptors (Lipinski definition) is 12. The van der Waals surface area contributed by atoms with Crippen LogP contribution in [0.4, 0.5) is 12.9 Å². The van der Waals surface area contributed by atoms with E-state index in [1.807, 2.05) is 13.8 Å². The van der Waals surface area contributed by atoms with Crippen LogP contribution < -0.4 is 108 Å². The Bertz CT molecular complexity index is 1090. The number of halogens is 3. The van der Waals surface area contributed by atoms with Gasteiger partial charge in [0.2, 0.25) is 0 Å². The quantitative estimate of drug-likeness (QED) is 0.0345. The summed E-state index contributed by atoms with van der Waals surface area (Å²) in [4.78, 5) is 54.0. The predicted octanol–water partition coefficient (Wildman–Crippen LogP) is 3.56. The third-order valence-electron chi connectivity index (χ3n) is 9.58. The number of allylic oxidation sites excluding steroid dienone is 4. The molecule has 4 rings (SSSR count). The van der Waals surface area contributed by atoms with Crippen molar-refractivity contribution in [3.05, 3.63) is 23.3 Å². The summed E-state index contributed by atoms with van der Waals surface area (Å²) < 4.78 is 43.2. The van der Waals surface area contributed by atoms with Crippen LogP contribution in [0.25, 0.3) is 0 Å². The molecule has 0 saturated heterocycles. The minimum absolute atomic E-state index is 0. The molecule has 12 nitrogen and oxygen atoms in total. The number of carbonyl (C=O) groups is 5. The molecule has 0 bridgehead atoms. The maximum Gasteiger partial charge on any atom is 1.00 e. The number of rotatable bonds is 20. The van der Waals surface area contributed by atoms with E-state index in [0.717, 1.165) is 96.9 Å². The zero-order valence-electron chi connectivity index (χ0n) is 41.2. The SMILES string of the molecule is CC(=O)CCCCC1CCCC1.CCOCC.CO.COC(=O)CCCCC1=CCCC1.FB(F)F.O=C(CCCCC1=CCCC1)OCCO.O=C1CCCC1.O=CO[O-].[H-].[K+].[K+]. The predicted molar refractivity (Wildman–Crippen MR) is 233 cm³/mol. The molecule has 0 radical (unpaired) electrons. The molecule has 0 heterocycles. The third kappa shape index (κ3) is 66.5. The second-order valence-electron chi connectivity index (χ2n) is 14.5. The topological polar surface area (TPSA) is 186 Å². The molecule has 360 valence electrons. The molecule has 2 fully saturated rings. The van der Waals surface area contributed by atoms with Crippen LogP contribution in [0.15, 0.2) is 23.3 Å². The summed E-state index contributed by atoms with van der Waals surface area (Å²) in [6.45, 7) is 7.22. The summed E-state index contributed by atoms with van der Waals surface area (Å²) in [6.07, 6.45) is 34.0. The van der Waals surface area contributed by atoms with Crippen LogP contribution in [0.2, 0.25) is 0 Å². The number of aliphatic hydroxyl groups excluding tert-OH is 2. The van der Waals surface area contributed by atoms with Crippen molar-refractivity contribution in [1.82, 2.24) is 0 Å². The van der Waals surface area contributed by atoms with Crippen molar-refractivity contribution >= 4 is 37.5 Å². The summed E-state index contributed by atoms with van der Waals surface area (Å²) in [5, 5.41) is 23.9. The fourth-order valence-corrected chi connectivity index (χ4v) is 6.58. The standard InChI is InChI=1S/C12H20O3.C11H18O2.C11H20O.C5H8O.C4H10O.CH2O3.CH4O.BF3.2K.H/c13-9-10-15-12(14)8-4-3-7-11-5-1-2-6-11;1-13-11(12)9-5-4-8-10-6-2-3-7-10;1-10(12)6-2-3-7-11-8-4-5-9-11;6-5-3-1-2-4-5;1-3-5-4-2;2-1-4-3;1-2;2-1(3)4;;;/h5,13H,1-4,6-10H2;6H,2-5,7-9H2,1H3;11H,2-9H2,1H3;1-4H2;3-4H2,1-2H3;1,3H;2H,1H3;;;;/q;;;;;;;;2*+1;-1/p-1. The Morgan fingerprint density at radius 3 is 1.54 bits per heavy atom. The molecule has 18 heteroatoms. The summed E-state index contributed by atoms with van der Waals surface area (Å²) in [5.74, 6) is 1.53. The van der Waals surface area contributed by atoms with Crippen LogP contribution in [0.3, 0.4) is 0 Å². The number of ether oxygens (including phenoxy) is 3. The first-order chi connectivity index (χ1) is 29.4. The van der Waals surface area contributed by atoms with Gasteiger partial charge in [0, 0.05) is 52.4 Å². The monoisotopic (exact) mass is 961 g/mol. The van der Waals surface area contributed by atoms with Crippen molar-refractivity contribution in [3.63, 3.8) is 0 Å². The molecule has 2 saturated carbocycles. The van der Waals surface area contributed by atoms with E-state index in [-0.39, 0.29) is 136 Å². The molecule has 0 aromatic carbocycles. The number of unbranched alkanes of at least 4 members (excludes halogenated alkanes) is 3. The van der Waals surface area contributed by atoms with Gasteiger partial charge >= 0.3 is 122 Å². The average Bonchev–Trinajstić information content (AvgIpc) is 4.12. The Morgan fingerprint density at radius 1 is 0.778 bits per heavy atom. The smallest absolute Gasteiger partial charge is 1.00 e. The zero-order chi connectivity index (χ0) is 46.8. The molecular formula is C45H82BF3K2O12. The molecule has 0 spiro atoms. The van der Waals surface area contributed by atoms with Crippen molar-refractivity contribution in [1.29, 1.82) is 0 Å². The average molecular weight is 961 g/mol. The summed E-state index contributed by atoms with van der Waals surface area (Å²) in [6, 6.07) is 0. The van der Waals surface area contributed by atoms with Gasteiger partial charge in [0.1, 0.15) is 18.2 Å². The minimum Gasteiger partial charge on any atom is -1.00 e. The van der Waals surface area contributed by atoms with Crippen LogP contribution in [-0.2, 0) is 43.1 Å². The van der Waals surface area contributed by atoms with E-state index in [4.69, 9.17) is 29.7 Å². The van der Waals surface area contributed by atoms with Gasteiger partial charge in [-0.05, 0) is 123 Å². The third-order valence-corrected chi connectivity index (χ3v) is 9.58. The van der Waals surface area contributed by atoms with E-state index in [1.54, 1.807) is 18.1 Å². The van der Waals surface area contributed by atoms with Gasteiger partial charge < -0.3 is 40.8 Å². The fourth-order valence-electron chi connectivity index (χ4n) is 6.58. The molecule has 0 aliphatic heterocycles. The molecule has 0 aromatic heterocycles. The van der Waals surface area contributed by atoms with E-state index in [0.29, 0.717) is 24.4 Å². The number of hydrogen-bond donors (Lipinski definition) is 2. The molecule has 0 atom stereocenters. The number of Topliss-reactive ketones (excluding diaryl/α,β-unsaturated/α-hetero) is 2. The molecule has 2 N–H and O–H groups in total. The molecule has 0 amide bonds. The molecule has 63 heavy (non-hydrogen) atoms. The molecule has 0 aromatic rings. The van der Waals surface area contributed by atoms with Gasteiger partial charge in [-0.2, -0.15) is 0 Å². The Labute approximate surface area is 465 Å². The Kier molecular flexibility index (Phi) is 73.8. The number of aliphatic hydroxyl groups is 2. The first-order valence-electron chi connectivity index (χ1n) is 22.3. The number of methoxy groups -OCH3 is 1. The zero-order valence-corrected chi connectivity index (χ0v) is 46.5. The second-order valence-corrected chi connectivity index (χ2v) is 14.5. The van der Waals surface area contributed by atoms with Crippen LogP contribution in [-0.4, -0.2) is 88.4 Å². The fraction of sp³-hybridized carbons (Fsp3) is 0.800. The molecule has 4 aliphatic carbocycles. The maximum atomic E-state index is 11.1. The van der Waals surface area contributed by atoms with Crippen LogP contribution >= 0.6 is 0 Å². The number of ketones is 2. The summed E-state index contributed by atoms with van der Waals surface area (Å²) in [5.41, 5.74) is 3.14. The maximum absolute atomic E-state index is 11.1. The van der Waals surface area contributed by atoms with E-state index in [2.05, 4.69) is 21.8 Å². The second kappa shape index (κ2) is 62.2. The largest absolute Gasteiger partial charge is 1.00 e. The van der Waals surface area contributed by atoms with Gasteiger partial charge in [-0.25, -0.2) is 0 Å². The summed E-state index contributed by atoms with van der Waals surface area (Å²) >= 11 is 0. The van der Waals surface area contributed by atoms with E-state index in [1.165, 1.54) is 90.6 Å². The van der Waals surface area contributed by atoms with Crippen molar-refractivity contribution in [3.8, 4) is 0 Å². The van der Waals surface area contributed by atoms with E-state index >= 15 is 0 Å².